The number of methoxy groups -OCH3 is 1. The van der Waals surface area contributed by atoms with Gasteiger partial charge < -0.3 is 29.8 Å². The summed E-state index contributed by atoms with van der Waals surface area (Å²) in [6.07, 6.45) is -0.606. The van der Waals surface area contributed by atoms with Gasteiger partial charge in [0.1, 0.15) is 29.8 Å². The van der Waals surface area contributed by atoms with Gasteiger partial charge in [0.2, 0.25) is 0 Å². The third-order valence-electron chi connectivity index (χ3n) is 3.91. The molecular weight excluding hydrogens is 302 g/mol. The molecule has 23 heavy (non-hydrogen) atoms. The molecule has 124 valence electrons. The zero-order valence-corrected chi connectivity index (χ0v) is 12.7. The van der Waals surface area contributed by atoms with Gasteiger partial charge in [-0.1, -0.05) is 12.1 Å². The molecule has 1 aromatic carbocycles. The van der Waals surface area contributed by atoms with Crippen molar-refractivity contribution in [2.24, 2.45) is 5.73 Å². The molecule has 0 radical (unpaired) electrons. The molecule has 0 aromatic heterocycles. The van der Waals surface area contributed by atoms with Gasteiger partial charge in [0.05, 0.1) is 20.3 Å². The first-order valence-electron chi connectivity index (χ1n) is 7.32. The maximum Gasteiger partial charge on any atom is 0.354 e. The lowest BCUT2D eigenvalue weighted by molar-refractivity contribution is -0.148. The molecule has 2 heterocycles. The van der Waals surface area contributed by atoms with E-state index in [9.17, 15) is 9.90 Å². The minimum Gasteiger partial charge on any atom is -0.497 e. The lowest BCUT2D eigenvalue weighted by Crippen LogP contribution is -2.35. The second kappa shape index (κ2) is 6.57. The molecule has 0 aliphatic carbocycles. The molecule has 4 atom stereocenters. The molecule has 0 saturated carbocycles. The van der Waals surface area contributed by atoms with Gasteiger partial charge in [-0.2, -0.15) is 0 Å². The van der Waals surface area contributed by atoms with Gasteiger partial charge in [-0.3, -0.25) is 0 Å². The lowest BCUT2D eigenvalue weighted by Gasteiger charge is -2.16. The Morgan fingerprint density at radius 2 is 1.96 bits per heavy atom. The van der Waals surface area contributed by atoms with E-state index in [-0.39, 0.29) is 18.9 Å². The lowest BCUT2D eigenvalue weighted by atomic mass is 10.1. The minimum absolute atomic E-state index is 0.0165. The maximum absolute atomic E-state index is 12.1. The molecule has 7 nitrogen and oxygen atoms in total. The van der Waals surface area contributed by atoms with Crippen LogP contribution in [0.15, 0.2) is 30.0 Å². The number of rotatable bonds is 4. The number of nitrogens with two attached hydrogens (primary N) is 1. The Labute approximate surface area is 133 Å². The van der Waals surface area contributed by atoms with E-state index in [0.29, 0.717) is 0 Å². The van der Waals surface area contributed by atoms with Crippen LogP contribution in [0.3, 0.4) is 0 Å². The van der Waals surface area contributed by atoms with E-state index in [1.807, 2.05) is 0 Å². The average molecular weight is 321 g/mol. The van der Waals surface area contributed by atoms with Gasteiger partial charge in [0, 0.05) is 0 Å². The average Bonchev–Trinajstić information content (AvgIpc) is 3.12. The quantitative estimate of drug-likeness (QED) is 0.597. The van der Waals surface area contributed by atoms with E-state index >= 15 is 0 Å². The Bertz CT molecular complexity index is 599. The Morgan fingerprint density at radius 3 is 2.65 bits per heavy atom. The molecule has 2 aliphatic rings. The van der Waals surface area contributed by atoms with Crippen molar-refractivity contribution < 1.29 is 28.8 Å². The van der Waals surface area contributed by atoms with Crippen LogP contribution in [0, 0.1) is 0 Å². The van der Waals surface area contributed by atoms with Gasteiger partial charge >= 0.3 is 5.97 Å². The Hall–Kier alpha value is -2.09. The van der Waals surface area contributed by atoms with E-state index in [4.69, 9.17) is 24.7 Å². The van der Waals surface area contributed by atoms with Crippen molar-refractivity contribution in [2.45, 2.75) is 24.4 Å². The van der Waals surface area contributed by atoms with E-state index in [2.05, 4.69) is 0 Å². The van der Waals surface area contributed by atoms with Gasteiger partial charge in [0.25, 0.3) is 0 Å². The molecule has 2 unspecified atom stereocenters. The van der Waals surface area contributed by atoms with Crippen LogP contribution in [-0.4, -0.2) is 55.8 Å². The second-order valence-corrected chi connectivity index (χ2v) is 5.48. The van der Waals surface area contributed by atoms with Crippen molar-refractivity contribution in [1.29, 1.82) is 0 Å². The minimum atomic E-state index is -0.684. The number of hydrogen-bond acceptors (Lipinski definition) is 7. The van der Waals surface area contributed by atoms with Gasteiger partial charge in [-0.15, -0.1) is 0 Å². The van der Waals surface area contributed by atoms with Crippen molar-refractivity contribution in [1.82, 2.24) is 0 Å². The predicted molar refractivity (Wildman–Crippen MR) is 80.5 cm³/mol. The first kappa shape index (κ1) is 15.8. The number of hydrogen-bond donors (Lipinski definition) is 2. The summed E-state index contributed by atoms with van der Waals surface area (Å²) in [7, 11) is 1.58. The SMILES string of the molecule is COc1ccc(/C=C(\N)C(=O)O[C@@H]2COC3C2OC[C@@H]3O)cc1. The summed E-state index contributed by atoms with van der Waals surface area (Å²) in [5.74, 6) is 0.0782. The number of carbonyl (C=O) groups excluding carboxylic acids is 1. The third kappa shape index (κ3) is 3.31. The summed E-state index contributed by atoms with van der Waals surface area (Å²) in [4.78, 5) is 12.1. The maximum atomic E-state index is 12.1. The van der Waals surface area contributed by atoms with Crippen LogP contribution in [0.4, 0.5) is 0 Å². The zero-order valence-electron chi connectivity index (χ0n) is 12.7. The highest BCUT2D eigenvalue weighted by Gasteiger charge is 2.49. The van der Waals surface area contributed by atoms with Crippen LogP contribution in [0.5, 0.6) is 5.75 Å². The summed E-state index contributed by atoms with van der Waals surface area (Å²) in [6, 6.07) is 7.11. The molecule has 2 saturated heterocycles. The normalized spacial score (nSPS) is 30.1. The number of fused-ring (bicyclic) bond motifs is 1. The fraction of sp³-hybridized carbons (Fsp3) is 0.438. The third-order valence-corrected chi connectivity index (χ3v) is 3.91. The molecule has 3 N–H and O–H groups in total. The molecule has 7 heteroatoms. The number of carbonyl (C=O) groups is 1. The number of benzene rings is 1. The first-order chi connectivity index (χ1) is 11.1. The van der Waals surface area contributed by atoms with Crippen LogP contribution in [0.2, 0.25) is 0 Å². The zero-order chi connectivity index (χ0) is 16.4. The highest BCUT2D eigenvalue weighted by molar-refractivity contribution is 5.92. The largest absolute Gasteiger partial charge is 0.497 e. The Morgan fingerprint density at radius 1 is 1.26 bits per heavy atom. The van der Waals surface area contributed by atoms with Crippen LogP contribution in [0.1, 0.15) is 5.56 Å². The van der Waals surface area contributed by atoms with E-state index in [1.165, 1.54) is 6.08 Å². The van der Waals surface area contributed by atoms with Gasteiger partial charge in [0.15, 0.2) is 6.10 Å². The monoisotopic (exact) mass is 321 g/mol. The van der Waals surface area contributed by atoms with E-state index in [0.717, 1.165) is 11.3 Å². The Balaban J connectivity index is 1.62. The van der Waals surface area contributed by atoms with Crippen molar-refractivity contribution in [3.63, 3.8) is 0 Å². The van der Waals surface area contributed by atoms with Crippen LogP contribution >= 0.6 is 0 Å². The standard InChI is InChI=1S/C16H19NO6/c1-20-10-4-2-9(3-5-10)6-11(17)16(19)23-13-8-22-14-12(18)7-21-15(13)14/h2-6,12-15,18H,7-8,17H2,1H3/b11-6-/t12-,13+,14?,15?/m0/s1. The molecule has 0 spiro atoms. The Kier molecular flexibility index (Phi) is 4.51. The van der Waals surface area contributed by atoms with Crippen LogP contribution in [0.25, 0.3) is 6.08 Å². The summed E-state index contributed by atoms with van der Waals surface area (Å²) in [6.45, 7) is 0.370. The summed E-state index contributed by atoms with van der Waals surface area (Å²) >= 11 is 0. The molecule has 1 aromatic rings. The van der Waals surface area contributed by atoms with Gasteiger partial charge in [-0.05, 0) is 23.8 Å². The smallest absolute Gasteiger partial charge is 0.354 e. The van der Waals surface area contributed by atoms with Crippen LogP contribution < -0.4 is 10.5 Å². The predicted octanol–water partition coefficient (Wildman–Crippen LogP) is 0.0651. The number of ether oxygens (including phenoxy) is 4. The second-order valence-electron chi connectivity index (χ2n) is 5.48. The first-order valence-corrected chi connectivity index (χ1v) is 7.32. The molecule has 0 amide bonds. The molecule has 0 bridgehead atoms. The topological polar surface area (TPSA) is 100 Å². The fourth-order valence-corrected chi connectivity index (χ4v) is 2.69. The number of aliphatic hydroxyl groups is 1. The molecular formula is C16H19NO6. The fourth-order valence-electron chi connectivity index (χ4n) is 2.69. The molecule has 2 aliphatic heterocycles. The van der Waals surface area contributed by atoms with E-state index < -0.39 is 30.4 Å². The molecule has 2 fully saturated rings. The van der Waals surface area contributed by atoms with Crippen molar-refractivity contribution >= 4 is 12.0 Å². The number of aliphatic hydroxyl groups excluding tert-OH is 1. The van der Waals surface area contributed by atoms with Crippen molar-refractivity contribution in [2.75, 3.05) is 20.3 Å². The highest BCUT2D eigenvalue weighted by atomic mass is 16.6. The molecule has 3 rings (SSSR count). The van der Waals surface area contributed by atoms with Crippen molar-refractivity contribution in [3.05, 3.63) is 35.5 Å². The van der Waals surface area contributed by atoms with Gasteiger partial charge in [-0.25, -0.2) is 4.79 Å². The van der Waals surface area contributed by atoms with Crippen LogP contribution in [-0.2, 0) is 19.0 Å². The van der Waals surface area contributed by atoms with Crippen molar-refractivity contribution in [3.8, 4) is 5.75 Å². The summed E-state index contributed by atoms with van der Waals surface area (Å²) in [5.41, 5.74) is 6.53. The highest BCUT2D eigenvalue weighted by Crippen LogP contribution is 2.29. The van der Waals surface area contributed by atoms with E-state index in [1.54, 1.807) is 31.4 Å². The number of esters is 1. The summed E-state index contributed by atoms with van der Waals surface area (Å²) < 4.78 is 21.2. The summed E-state index contributed by atoms with van der Waals surface area (Å²) in [5, 5.41) is 9.66.